The van der Waals surface area contributed by atoms with Crippen molar-refractivity contribution in [3.05, 3.63) is 64.7 Å². The van der Waals surface area contributed by atoms with E-state index in [9.17, 15) is 13.6 Å². The lowest BCUT2D eigenvalue weighted by Crippen LogP contribution is -2.10. The van der Waals surface area contributed by atoms with Gasteiger partial charge in [0, 0.05) is 0 Å². The maximum absolute atomic E-state index is 14.2. The Morgan fingerprint density at radius 2 is 1.37 bits per heavy atom. The normalized spacial score (nSPS) is 10.9. The van der Waals surface area contributed by atoms with Gasteiger partial charge in [-0.15, -0.1) is 0 Å². The Balaban J connectivity index is 1.85. The maximum Gasteiger partial charge on any atom is 0.343 e. The monoisotopic (exact) mass is 416 g/mol. The van der Waals surface area contributed by atoms with Gasteiger partial charge in [0.2, 0.25) is 5.82 Å². The molecule has 0 heterocycles. The SMILES string of the molecule is CCCCCCCCCc1ccc(C(=O)Oc2ccc(CCCC)c(F)c2F)cc1. The molecule has 0 bridgehead atoms. The minimum absolute atomic E-state index is 0.309. The van der Waals surface area contributed by atoms with Gasteiger partial charge in [0.15, 0.2) is 11.6 Å². The third-order valence-electron chi connectivity index (χ3n) is 5.39. The van der Waals surface area contributed by atoms with Gasteiger partial charge in [0.05, 0.1) is 5.56 Å². The zero-order valence-corrected chi connectivity index (χ0v) is 18.3. The van der Waals surface area contributed by atoms with Crippen LogP contribution in [0.25, 0.3) is 0 Å². The number of esters is 1. The van der Waals surface area contributed by atoms with Gasteiger partial charge >= 0.3 is 5.97 Å². The Kier molecular flexibility index (Phi) is 10.5. The van der Waals surface area contributed by atoms with E-state index in [1.165, 1.54) is 50.7 Å². The summed E-state index contributed by atoms with van der Waals surface area (Å²) in [5.41, 5.74) is 1.80. The molecule has 164 valence electrons. The molecule has 4 heteroatoms. The third kappa shape index (κ3) is 7.55. The van der Waals surface area contributed by atoms with Crippen molar-refractivity contribution in [1.82, 2.24) is 0 Å². The fraction of sp³-hybridized carbons (Fsp3) is 0.500. The van der Waals surface area contributed by atoms with Crippen LogP contribution >= 0.6 is 0 Å². The molecule has 0 N–H and O–H groups in total. The second kappa shape index (κ2) is 13.1. The van der Waals surface area contributed by atoms with Crippen LogP contribution in [-0.4, -0.2) is 5.97 Å². The minimum Gasteiger partial charge on any atom is -0.420 e. The van der Waals surface area contributed by atoms with Gasteiger partial charge < -0.3 is 4.74 Å². The van der Waals surface area contributed by atoms with E-state index in [0.717, 1.165) is 31.2 Å². The quantitative estimate of drug-likeness (QED) is 0.189. The number of carbonyl (C=O) groups is 1. The lowest BCUT2D eigenvalue weighted by atomic mass is 10.0. The second-order valence-electron chi connectivity index (χ2n) is 7.91. The molecular weight excluding hydrogens is 382 g/mol. The lowest BCUT2D eigenvalue weighted by molar-refractivity contribution is 0.0726. The first-order valence-electron chi connectivity index (χ1n) is 11.3. The van der Waals surface area contributed by atoms with Gasteiger partial charge in [0.25, 0.3) is 0 Å². The summed E-state index contributed by atoms with van der Waals surface area (Å²) < 4.78 is 33.5. The topological polar surface area (TPSA) is 26.3 Å². The highest BCUT2D eigenvalue weighted by Gasteiger charge is 2.17. The zero-order chi connectivity index (χ0) is 21.8. The Labute approximate surface area is 179 Å². The number of benzene rings is 2. The van der Waals surface area contributed by atoms with Crippen LogP contribution < -0.4 is 4.74 Å². The maximum atomic E-state index is 14.2. The van der Waals surface area contributed by atoms with E-state index in [0.29, 0.717) is 17.5 Å². The number of ether oxygens (including phenoxy) is 1. The molecule has 2 rings (SSSR count). The number of aryl methyl sites for hydroxylation is 2. The number of hydrogen-bond acceptors (Lipinski definition) is 2. The van der Waals surface area contributed by atoms with E-state index in [-0.39, 0.29) is 5.75 Å². The number of rotatable bonds is 13. The zero-order valence-electron chi connectivity index (χ0n) is 18.3. The average Bonchev–Trinajstić information content (AvgIpc) is 2.76. The molecule has 0 unspecified atom stereocenters. The van der Waals surface area contributed by atoms with Crippen molar-refractivity contribution in [2.45, 2.75) is 84.5 Å². The van der Waals surface area contributed by atoms with Crippen LogP contribution in [0.3, 0.4) is 0 Å². The Morgan fingerprint density at radius 3 is 2.03 bits per heavy atom. The highest BCUT2D eigenvalue weighted by Crippen LogP contribution is 2.25. The second-order valence-corrected chi connectivity index (χ2v) is 7.91. The molecule has 2 nitrogen and oxygen atoms in total. The molecule has 0 radical (unpaired) electrons. The summed E-state index contributed by atoms with van der Waals surface area (Å²) in [7, 11) is 0. The molecule has 0 aromatic heterocycles. The molecule has 0 aliphatic rings. The first-order chi connectivity index (χ1) is 14.6. The first-order valence-corrected chi connectivity index (χ1v) is 11.3. The van der Waals surface area contributed by atoms with Crippen molar-refractivity contribution in [2.24, 2.45) is 0 Å². The van der Waals surface area contributed by atoms with Crippen LogP contribution in [0, 0.1) is 11.6 Å². The van der Waals surface area contributed by atoms with Crippen molar-refractivity contribution in [1.29, 1.82) is 0 Å². The van der Waals surface area contributed by atoms with E-state index in [1.54, 1.807) is 12.1 Å². The van der Waals surface area contributed by atoms with E-state index < -0.39 is 17.6 Å². The lowest BCUT2D eigenvalue weighted by Gasteiger charge is -2.09. The summed E-state index contributed by atoms with van der Waals surface area (Å²) in [6, 6.07) is 9.99. The summed E-state index contributed by atoms with van der Waals surface area (Å²) in [4.78, 5) is 12.3. The van der Waals surface area contributed by atoms with Crippen molar-refractivity contribution in [3.8, 4) is 5.75 Å². The molecule has 2 aromatic rings. The van der Waals surface area contributed by atoms with Crippen LogP contribution in [0.5, 0.6) is 5.75 Å². The Morgan fingerprint density at radius 1 is 0.733 bits per heavy atom. The number of unbranched alkanes of at least 4 members (excludes halogenated alkanes) is 7. The number of hydrogen-bond donors (Lipinski definition) is 0. The first kappa shape index (κ1) is 24.0. The van der Waals surface area contributed by atoms with Crippen molar-refractivity contribution in [3.63, 3.8) is 0 Å². The largest absolute Gasteiger partial charge is 0.420 e. The molecule has 0 amide bonds. The molecule has 30 heavy (non-hydrogen) atoms. The highest BCUT2D eigenvalue weighted by molar-refractivity contribution is 5.91. The fourth-order valence-electron chi connectivity index (χ4n) is 3.46. The molecule has 0 aliphatic heterocycles. The molecule has 0 saturated carbocycles. The molecule has 0 saturated heterocycles. The molecule has 0 spiro atoms. The number of carbonyl (C=O) groups excluding carboxylic acids is 1. The molecule has 2 aromatic carbocycles. The summed E-state index contributed by atoms with van der Waals surface area (Å²) in [6.07, 6.45) is 11.9. The highest BCUT2D eigenvalue weighted by atomic mass is 19.2. The van der Waals surface area contributed by atoms with Gasteiger partial charge in [-0.25, -0.2) is 9.18 Å². The summed E-state index contributed by atoms with van der Waals surface area (Å²) >= 11 is 0. The van der Waals surface area contributed by atoms with Crippen molar-refractivity contribution in [2.75, 3.05) is 0 Å². The molecule has 0 atom stereocenters. The smallest absolute Gasteiger partial charge is 0.343 e. The van der Waals surface area contributed by atoms with Crippen molar-refractivity contribution < 1.29 is 18.3 Å². The predicted octanol–water partition coefficient (Wildman–Crippen LogP) is 7.82. The van der Waals surface area contributed by atoms with Crippen LogP contribution in [0.4, 0.5) is 8.78 Å². The molecule has 0 fully saturated rings. The van der Waals surface area contributed by atoms with Gasteiger partial charge in [-0.05, 0) is 55.0 Å². The minimum atomic E-state index is -1.10. The standard InChI is InChI=1S/C26H34F2O2/c1-3-5-7-8-9-10-11-12-20-14-16-22(17-15-20)26(29)30-23-19-18-21(13-6-4-2)24(27)25(23)28/h14-19H,3-13H2,1-2H3. The van der Waals surface area contributed by atoms with E-state index in [1.807, 2.05) is 19.1 Å². The van der Waals surface area contributed by atoms with Gasteiger partial charge in [-0.1, -0.05) is 77.0 Å². The average molecular weight is 417 g/mol. The molecule has 0 aliphatic carbocycles. The summed E-state index contributed by atoms with van der Waals surface area (Å²) in [5.74, 6) is -3.09. The van der Waals surface area contributed by atoms with Crippen LogP contribution in [-0.2, 0) is 12.8 Å². The number of halogens is 2. The van der Waals surface area contributed by atoms with E-state index in [2.05, 4.69) is 6.92 Å². The molecular formula is C26H34F2O2. The van der Waals surface area contributed by atoms with Crippen LogP contribution in [0.1, 0.15) is 93.1 Å². The van der Waals surface area contributed by atoms with Crippen molar-refractivity contribution >= 4 is 5.97 Å². The van der Waals surface area contributed by atoms with Crippen LogP contribution in [0.2, 0.25) is 0 Å². The Bertz CT molecular complexity index is 784. The fourth-order valence-corrected chi connectivity index (χ4v) is 3.46. The third-order valence-corrected chi connectivity index (χ3v) is 5.39. The summed E-state index contributed by atoms with van der Waals surface area (Å²) in [6.45, 7) is 4.21. The van der Waals surface area contributed by atoms with Gasteiger partial charge in [-0.2, -0.15) is 4.39 Å². The van der Waals surface area contributed by atoms with Gasteiger partial charge in [-0.3, -0.25) is 0 Å². The van der Waals surface area contributed by atoms with E-state index >= 15 is 0 Å². The van der Waals surface area contributed by atoms with Gasteiger partial charge in [0.1, 0.15) is 0 Å². The van der Waals surface area contributed by atoms with Crippen LogP contribution in [0.15, 0.2) is 36.4 Å². The Hall–Kier alpha value is -2.23. The summed E-state index contributed by atoms with van der Waals surface area (Å²) in [5, 5.41) is 0. The predicted molar refractivity (Wildman–Crippen MR) is 118 cm³/mol. The van der Waals surface area contributed by atoms with E-state index in [4.69, 9.17) is 4.74 Å².